The predicted octanol–water partition coefficient (Wildman–Crippen LogP) is 3.47. The standard InChI is InChI=1S/C22H32N4O3/c1-5-25(6-2)19-16-24-26(18-13-9-8-10-14-18)21(27)20(19)23-15-11-12-17(4)22(28)29-7-3/h8-10,13-14,16-17,23H,5-7,11-12,15H2,1-4H3. The molecule has 1 aromatic heterocycles. The molecule has 0 bridgehead atoms. The zero-order chi connectivity index (χ0) is 21.2. The zero-order valence-corrected chi connectivity index (χ0v) is 17.9. The molecule has 0 saturated carbocycles. The number of nitrogens with one attached hydrogen (secondary N) is 1. The normalized spacial score (nSPS) is 11.7. The quantitative estimate of drug-likeness (QED) is 0.460. The molecule has 1 aromatic carbocycles. The third-order valence-corrected chi connectivity index (χ3v) is 4.87. The average molecular weight is 401 g/mol. The van der Waals surface area contributed by atoms with Crippen molar-refractivity contribution in [2.75, 3.05) is 36.5 Å². The number of rotatable bonds is 11. The molecule has 7 heteroatoms. The Hall–Kier alpha value is -2.83. The monoisotopic (exact) mass is 400 g/mol. The van der Waals surface area contributed by atoms with Crippen molar-refractivity contribution in [1.29, 1.82) is 0 Å². The van der Waals surface area contributed by atoms with E-state index in [0.29, 0.717) is 25.3 Å². The van der Waals surface area contributed by atoms with E-state index >= 15 is 0 Å². The van der Waals surface area contributed by atoms with Gasteiger partial charge in [0.05, 0.1) is 30.1 Å². The second-order valence-electron chi connectivity index (χ2n) is 6.85. The van der Waals surface area contributed by atoms with Crippen molar-refractivity contribution in [1.82, 2.24) is 9.78 Å². The van der Waals surface area contributed by atoms with Gasteiger partial charge in [-0.05, 0) is 45.7 Å². The first-order valence-electron chi connectivity index (χ1n) is 10.4. The van der Waals surface area contributed by atoms with Crippen LogP contribution in [-0.2, 0) is 9.53 Å². The van der Waals surface area contributed by atoms with Gasteiger partial charge in [-0.25, -0.2) is 0 Å². The summed E-state index contributed by atoms with van der Waals surface area (Å²) in [6.07, 6.45) is 3.19. The molecule has 1 heterocycles. The maximum absolute atomic E-state index is 13.2. The molecule has 7 nitrogen and oxygen atoms in total. The van der Waals surface area contributed by atoms with Gasteiger partial charge in [-0.2, -0.15) is 9.78 Å². The topological polar surface area (TPSA) is 76.5 Å². The molecule has 0 fully saturated rings. The summed E-state index contributed by atoms with van der Waals surface area (Å²) in [4.78, 5) is 27.1. The molecule has 2 rings (SSSR count). The van der Waals surface area contributed by atoms with Gasteiger partial charge in [0.25, 0.3) is 5.56 Å². The lowest BCUT2D eigenvalue weighted by molar-refractivity contribution is -0.147. The fraction of sp³-hybridized carbons (Fsp3) is 0.500. The van der Waals surface area contributed by atoms with Crippen LogP contribution in [0.15, 0.2) is 41.3 Å². The van der Waals surface area contributed by atoms with E-state index in [1.807, 2.05) is 44.2 Å². The van der Waals surface area contributed by atoms with Gasteiger partial charge in [0.15, 0.2) is 0 Å². The fourth-order valence-electron chi connectivity index (χ4n) is 3.19. The van der Waals surface area contributed by atoms with E-state index in [4.69, 9.17) is 4.74 Å². The van der Waals surface area contributed by atoms with E-state index in [-0.39, 0.29) is 17.4 Å². The number of para-hydroxylation sites is 1. The number of benzene rings is 1. The van der Waals surface area contributed by atoms with Crippen LogP contribution in [0.25, 0.3) is 5.69 Å². The molecule has 0 aliphatic heterocycles. The van der Waals surface area contributed by atoms with Gasteiger partial charge in [0.2, 0.25) is 0 Å². The van der Waals surface area contributed by atoms with Gasteiger partial charge in [-0.3, -0.25) is 9.59 Å². The second-order valence-corrected chi connectivity index (χ2v) is 6.85. The summed E-state index contributed by atoms with van der Waals surface area (Å²) in [6.45, 7) is 10.3. The Kier molecular flexibility index (Phi) is 8.70. The number of anilines is 2. The largest absolute Gasteiger partial charge is 0.466 e. The lowest BCUT2D eigenvalue weighted by Gasteiger charge is -2.24. The van der Waals surface area contributed by atoms with E-state index in [9.17, 15) is 9.59 Å². The van der Waals surface area contributed by atoms with Crippen molar-refractivity contribution in [2.24, 2.45) is 5.92 Å². The SMILES string of the molecule is CCOC(=O)C(C)CCCNc1c(N(CC)CC)cnn(-c2ccccc2)c1=O. The third kappa shape index (κ3) is 5.82. The minimum absolute atomic E-state index is 0.155. The molecule has 0 amide bonds. The van der Waals surface area contributed by atoms with Crippen LogP contribution < -0.4 is 15.8 Å². The van der Waals surface area contributed by atoms with Crippen molar-refractivity contribution in [2.45, 2.75) is 40.5 Å². The minimum Gasteiger partial charge on any atom is -0.466 e. The van der Waals surface area contributed by atoms with Gasteiger partial charge < -0.3 is 15.0 Å². The van der Waals surface area contributed by atoms with Crippen LogP contribution in [0.2, 0.25) is 0 Å². The Morgan fingerprint density at radius 3 is 2.52 bits per heavy atom. The minimum atomic E-state index is -0.181. The third-order valence-electron chi connectivity index (χ3n) is 4.87. The molecule has 1 N–H and O–H groups in total. The Balaban J connectivity index is 2.21. The number of aromatic nitrogens is 2. The number of hydrogen-bond donors (Lipinski definition) is 1. The van der Waals surface area contributed by atoms with Crippen LogP contribution in [0.3, 0.4) is 0 Å². The van der Waals surface area contributed by atoms with E-state index in [2.05, 4.69) is 29.2 Å². The van der Waals surface area contributed by atoms with E-state index in [1.165, 1.54) is 4.68 Å². The molecule has 0 saturated heterocycles. The summed E-state index contributed by atoms with van der Waals surface area (Å²) in [5.41, 5.74) is 1.88. The van der Waals surface area contributed by atoms with Crippen molar-refractivity contribution in [3.8, 4) is 5.69 Å². The first kappa shape index (κ1) is 22.5. The van der Waals surface area contributed by atoms with Crippen LogP contribution in [0.4, 0.5) is 11.4 Å². The number of nitrogens with zero attached hydrogens (tertiary/aromatic N) is 3. The molecule has 0 aliphatic rings. The van der Waals surface area contributed by atoms with Gasteiger partial charge >= 0.3 is 5.97 Å². The highest BCUT2D eigenvalue weighted by Gasteiger charge is 2.17. The number of ether oxygens (including phenoxy) is 1. The molecule has 2 aromatic rings. The van der Waals surface area contributed by atoms with Crippen LogP contribution >= 0.6 is 0 Å². The summed E-state index contributed by atoms with van der Waals surface area (Å²) in [5, 5.41) is 7.69. The van der Waals surface area contributed by atoms with Gasteiger partial charge in [-0.15, -0.1) is 0 Å². The summed E-state index contributed by atoms with van der Waals surface area (Å²) in [5.74, 6) is -0.330. The Labute approximate surface area is 172 Å². The van der Waals surface area contributed by atoms with Crippen molar-refractivity contribution in [3.63, 3.8) is 0 Å². The first-order chi connectivity index (χ1) is 14.0. The number of carbonyl (C=O) groups excluding carboxylic acids is 1. The maximum Gasteiger partial charge on any atom is 0.308 e. The predicted molar refractivity (Wildman–Crippen MR) is 117 cm³/mol. The van der Waals surface area contributed by atoms with Crippen molar-refractivity contribution >= 4 is 17.3 Å². The van der Waals surface area contributed by atoms with Crippen LogP contribution in [0.1, 0.15) is 40.5 Å². The zero-order valence-electron chi connectivity index (χ0n) is 17.9. The number of carbonyl (C=O) groups is 1. The van der Waals surface area contributed by atoms with E-state index in [1.54, 1.807) is 6.20 Å². The fourth-order valence-corrected chi connectivity index (χ4v) is 3.19. The molecule has 0 aliphatic carbocycles. The Bertz CT molecular complexity index is 832. The summed E-state index contributed by atoms with van der Waals surface area (Å²) in [6, 6.07) is 9.38. The second kappa shape index (κ2) is 11.2. The van der Waals surface area contributed by atoms with Gasteiger partial charge in [0.1, 0.15) is 5.69 Å². The van der Waals surface area contributed by atoms with Crippen LogP contribution in [0, 0.1) is 5.92 Å². The van der Waals surface area contributed by atoms with Crippen LogP contribution in [-0.4, -0.2) is 42.0 Å². The molecule has 1 atom stereocenters. The lowest BCUT2D eigenvalue weighted by atomic mass is 10.1. The highest BCUT2D eigenvalue weighted by Crippen LogP contribution is 2.22. The van der Waals surface area contributed by atoms with E-state index < -0.39 is 0 Å². The highest BCUT2D eigenvalue weighted by atomic mass is 16.5. The Morgan fingerprint density at radius 1 is 1.21 bits per heavy atom. The molecule has 29 heavy (non-hydrogen) atoms. The van der Waals surface area contributed by atoms with E-state index in [0.717, 1.165) is 30.9 Å². The first-order valence-corrected chi connectivity index (χ1v) is 10.4. The summed E-state index contributed by atoms with van der Waals surface area (Å²) in [7, 11) is 0. The molecular weight excluding hydrogens is 368 g/mol. The average Bonchev–Trinajstić information content (AvgIpc) is 2.74. The number of hydrogen-bond acceptors (Lipinski definition) is 6. The van der Waals surface area contributed by atoms with Gasteiger partial charge in [0, 0.05) is 19.6 Å². The molecular formula is C22H32N4O3. The maximum atomic E-state index is 13.2. The number of esters is 1. The molecule has 158 valence electrons. The lowest BCUT2D eigenvalue weighted by Crippen LogP contribution is -2.31. The molecule has 0 spiro atoms. The highest BCUT2D eigenvalue weighted by molar-refractivity contribution is 5.72. The molecule has 1 unspecified atom stereocenters. The molecule has 0 radical (unpaired) electrons. The van der Waals surface area contributed by atoms with Gasteiger partial charge in [-0.1, -0.05) is 25.1 Å². The van der Waals surface area contributed by atoms with Crippen molar-refractivity contribution < 1.29 is 9.53 Å². The summed E-state index contributed by atoms with van der Waals surface area (Å²) >= 11 is 0. The summed E-state index contributed by atoms with van der Waals surface area (Å²) < 4.78 is 6.47. The van der Waals surface area contributed by atoms with Crippen LogP contribution in [0.5, 0.6) is 0 Å². The smallest absolute Gasteiger partial charge is 0.308 e. The Morgan fingerprint density at radius 2 is 1.90 bits per heavy atom. The van der Waals surface area contributed by atoms with Crippen molar-refractivity contribution in [3.05, 3.63) is 46.9 Å².